The summed E-state index contributed by atoms with van der Waals surface area (Å²) in [6.45, 7) is 7.06. The van der Waals surface area contributed by atoms with Crippen molar-refractivity contribution in [3.63, 3.8) is 0 Å². The number of hydrogen-bond donors (Lipinski definition) is 0. The van der Waals surface area contributed by atoms with Crippen LogP contribution in [0.25, 0.3) is 10.2 Å². The van der Waals surface area contributed by atoms with Crippen LogP contribution in [0.15, 0.2) is 24.3 Å². The van der Waals surface area contributed by atoms with Gasteiger partial charge < -0.3 is 9.47 Å². The molecule has 1 amide bonds. The number of thiazole rings is 1. The highest BCUT2D eigenvalue weighted by molar-refractivity contribution is 7.22. The van der Waals surface area contributed by atoms with Crippen molar-refractivity contribution in [3.8, 4) is 5.75 Å². The number of carbonyl (C=O) groups is 1. The van der Waals surface area contributed by atoms with Crippen molar-refractivity contribution in [1.29, 1.82) is 0 Å². The van der Waals surface area contributed by atoms with E-state index in [0.29, 0.717) is 17.3 Å². The van der Waals surface area contributed by atoms with Crippen molar-refractivity contribution < 1.29 is 14.3 Å². The number of benzene rings is 1. The lowest BCUT2D eigenvalue weighted by atomic mass is 10.2. The van der Waals surface area contributed by atoms with Crippen LogP contribution in [0.4, 0.5) is 5.13 Å². The van der Waals surface area contributed by atoms with E-state index in [9.17, 15) is 4.79 Å². The fourth-order valence-corrected chi connectivity index (χ4v) is 5.85. The molecule has 6 nitrogen and oxygen atoms in total. The van der Waals surface area contributed by atoms with Gasteiger partial charge >= 0.3 is 0 Å². The lowest BCUT2D eigenvalue weighted by Crippen LogP contribution is -2.39. The minimum atomic E-state index is 0. The Bertz CT molecular complexity index is 1050. The number of carbonyl (C=O) groups excluding carboxylic acids is 1. The highest BCUT2D eigenvalue weighted by Crippen LogP contribution is 2.37. The van der Waals surface area contributed by atoms with Gasteiger partial charge in [0, 0.05) is 31.1 Å². The molecule has 0 bridgehead atoms. The van der Waals surface area contributed by atoms with Gasteiger partial charge in [0.15, 0.2) is 5.13 Å². The van der Waals surface area contributed by atoms with Gasteiger partial charge in [-0.1, -0.05) is 29.0 Å². The molecule has 174 valence electrons. The van der Waals surface area contributed by atoms with Gasteiger partial charge in [-0.3, -0.25) is 14.6 Å². The quantitative estimate of drug-likeness (QED) is 0.420. The number of rotatable bonds is 8. The molecular weight excluding hydrogens is 489 g/mol. The highest BCUT2D eigenvalue weighted by Gasteiger charge is 2.23. The molecule has 1 saturated heterocycles. The van der Waals surface area contributed by atoms with E-state index < -0.39 is 0 Å². The Morgan fingerprint density at radius 1 is 1.25 bits per heavy atom. The van der Waals surface area contributed by atoms with Crippen molar-refractivity contribution in [3.05, 3.63) is 39.0 Å². The predicted octanol–water partition coefficient (Wildman–Crippen LogP) is 5.05. The molecule has 1 aliphatic heterocycles. The normalized spacial score (nSPS) is 14.3. The van der Waals surface area contributed by atoms with Gasteiger partial charge in [0.25, 0.3) is 0 Å². The molecule has 2 aromatic heterocycles. The molecule has 32 heavy (non-hydrogen) atoms. The number of morpholine rings is 1. The zero-order valence-corrected chi connectivity index (χ0v) is 21.3. The molecule has 0 spiro atoms. The Morgan fingerprint density at radius 2 is 2.03 bits per heavy atom. The largest absolute Gasteiger partial charge is 0.494 e. The van der Waals surface area contributed by atoms with Gasteiger partial charge in [-0.25, -0.2) is 4.98 Å². The molecule has 3 heterocycles. The first-order valence-corrected chi connectivity index (χ1v) is 12.3. The van der Waals surface area contributed by atoms with Crippen molar-refractivity contribution in [1.82, 2.24) is 9.88 Å². The van der Waals surface area contributed by atoms with Crippen LogP contribution < -0.4 is 9.64 Å². The number of ether oxygens (including phenoxy) is 2. The Morgan fingerprint density at radius 3 is 2.72 bits per heavy atom. The van der Waals surface area contributed by atoms with Crippen molar-refractivity contribution in [2.75, 3.05) is 51.4 Å². The number of amides is 1. The minimum Gasteiger partial charge on any atom is -0.494 e. The van der Waals surface area contributed by atoms with Crippen LogP contribution in [0.1, 0.15) is 16.9 Å². The third-order valence-corrected chi connectivity index (χ3v) is 7.80. The summed E-state index contributed by atoms with van der Waals surface area (Å²) in [7, 11) is 1.65. The second kappa shape index (κ2) is 11.6. The zero-order chi connectivity index (χ0) is 21.8. The van der Waals surface area contributed by atoms with Crippen LogP contribution >= 0.6 is 46.7 Å². The zero-order valence-electron chi connectivity index (χ0n) is 18.1. The fraction of sp³-hybridized carbons (Fsp3) is 0.455. The summed E-state index contributed by atoms with van der Waals surface area (Å²) in [5.41, 5.74) is 1.94. The summed E-state index contributed by atoms with van der Waals surface area (Å²) in [6, 6.07) is 7.71. The minimum absolute atomic E-state index is 0. The molecular formula is C22H27Cl2N3O3S2. The first-order valence-electron chi connectivity index (χ1n) is 10.3. The molecule has 0 radical (unpaired) electrons. The van der Waals surface area contributed by atoms with Crippen LogP contribution in [0, 0.1) is 6.92 Å². The Kier molecular flexibility index (Phi) is 9.16. The van der Waals surface area contributed by atoms with E-state index in [1.165, 1.54) is 11.3 Å². The lowest BCUT2D eigenvalue weighted by Gasteiger charge is -2.27. The molecule has 0 N–H and O–H groups in total. The molecule has 1 aliphatic rings. The number of nitrogens with zero attached hydrogens (tertiary/aromatic N) is 3. The van der Waals surface area contributed by atoms with Crippen LogP contribution in [0.2, 0.25) is 4.34 Å². The molecule has 0 atom stereocenters. The molecule has 1 aromatic carbocycles. The summed E-state index contributed by atoms with van der Waals surface area (Å²) in [5, 5.41) is 0.720. The van der Waals surface area contributed by atoms with Gasteiger partial charge in [-0.05, 0) is 37.1 Å². The number of aromatic nitrogens is 1. The maximum absolute atomic E-state index is 13.3. The summed E-state index contributed by atoms with van der Waals surface area (Å²) >= 11 is 9.06. The number of aryl methyl sites for hydroxylation is 1. The molecule has 1 fully saturated rings. The predicted molar refractivity (Wildman–Crippen MR) is 135 cm³/mol. The van der Waals surface area contributed by atoms with E-state index in [1.807, 2.05) is 29.2 Å². The second-order valence-corrected chi connectivity index (χ2v) is 10.3. The van der Waals surface area contributed by atoms with E-state index in [2.05, 4.69) is 11.8 Å². The smallest absolute Gasteiger partial charge is 0.234 e. The molecule has 3 aromatic rings. The van der Waals surface area contributed by atoms with E-state index >= 15 is 0 Å². The first-order chi connectivity index (χ1) is 15.0. The molecule has 0 aliphatic carbocycles. The maximum atomic E-state index is 13.3. The van der Waals surface area contributed by atoms with Crippen LogP contribution in [0.5, 0.6) is 5.75 Å². The van der Waals surface area contributed by atoms with E-state index in [4.69, 9.17) is 26.1 Å². The van der Waals surface area contributed by atoms with Crippen molar-refractivity contribution >= 4 is 67.9 Å². The molecule has 10 heteroatoms. The third-order valence-electron chi connectivity index (χ3n) is 5.36. The highest BCUT2D eigenvalue weighted by atomic mass is 35.5. The summed E-state index contributed by atoms with van der Waals surface area (Å²) in [5.74, 6) is 0.769. The number of methoxy groups -OCH3 is 1. The monoisotopic (exact) mass is 515 g/mol. The average Bonchev–Trinajstić information content (AvgIpc) is 3.39. The Hall–Kier alpha value is -1.42. The van der Waals surface area contributed by atoms with E-state index in [-0.39, 0.29) is 18.3 Å². The SMILES string of the molecule is COc1ccc(C)c2sc(N(CCCN3CCOCC3)C(=O)Cc3ccc(Cl)s3)nc12.Cl. The maximum Gasteiger partial charge on any atom is 0.234 e. The number of hydrogen-bond acceptors (Lipinski definition) is 7. The average molecular weight is 517 g/mol. The van der Waals surface area contributed by atoms with Crippen molar-refractivity contribution in [2.24, 2.45) is 0 Å². The number of fused-ring (bicyclic) bond motifs is 1. The van der Waals surface area contributed by atoms with E-state index in [0.717, 1.165) is 70.8 Å². The molecule has 0 unspecified atom stereocenters. The fourth-order valence-electron chi connectivity index (χ4n) is 3.67. The third kappa shape index (κ3) is 5.92. The second-order valence-electron chi connectivity index (χ2n) is 7.49. The topological polar surface area (TPSA) is 54.9 Å². The summed E-state index contributed by atoms with van der Waals surface area (Å²) in [6.07, 6.45) is 1.20. The molecule has 4 rings (SSSR count). The van der Waals surface area contributed by atoms with Crippen LogP contribution in [-0.2, 0) is 16.0 Å². The van der Waals surface area contributed by atoms with Crippen LogP contribution in [0.3, 0.4) is 0 Å². The lowest BCUT2D eigenvalue weighted by molar-refractivity contribution is -0.118. The van der Waals surface area contributed by atoms with Gasteiger partial charge in [0.1, 0.15) is 11.3 Å². The van der Waals surface area contributed by atoms with Gasteiger partial charge in [0.2, 0.25) is 5.91 Å². The standard InChI is InChI=1S/C22H26ClN3O3S2.ClH/c1-15-4-6-17(28-2)20-21(15)31-22(24-20)26(9-3-8-25-10-12-29-13-11-25)19(27)14-16-5-7-18(23)30-16;/h4-7H,3,8-14H2,1-2H3;1H. The van der Waals surface area contributed by atoms with E-state index in [1.54, 1.807) is 18.4 Å². The number of halogens is 2. The Labute approximate surface area is 207 Å². The molecule has 0 saturated carbocycles. The number of thiophene rings is 1. The summed E-state index contributed by atoms with van der Waals surface area (Å²) in [4.78, 5) is 23.3. The van der Waals surface area contributed by atoms with Gasteiger partial charge in [0.05, 0.1) is 35.8 Å². The van der Waals surface area contributed by atoms with Gasteiger partial charge in [-0.2, -0.15) is 0 Å². The Balaban J connectivity index is 0.00000289. The van der Waals surface area contributed by atoms with Crippen LogP contribution in [-0.4, -0.2) is 62.3 Å². The number of anilines is 1. The van der Waals surface area contributed by atoms with Gasteiger partial charge in [-0.15, -0.1) is 23.7 Å². The summed E-state index contributed by atoms with van der Waals surface area (Å²) < 4.78 is 12.7. The van der Waals surface area contributed by atoms with Crippen molar-refractivity contribution in [2.45, 2.75) is 19.8 Å². The first kappa shape index (κ1) is 25.2.